The zero-order chi connectivity index (χ0) is 11.5. The second kappa shape index (κ2) is 4.67. The normalized spacial score (nSPS) is 10.1. The number of nitrogens with zero attached hydrogens (tertiary/aromatic N) is 3. The summed E-state index contributed by atoms with van der Waals surface area (Å²) in [7, 11) is 0. The molecule has 0 aliphatic carbocycles. The number of halogens is 1. The Morgan fingerprint density at radius 2 is 2.38 bits per heavy atom. The lowest BCUT2D eigenvalue weighted by molar-refractivity contribution is 0.102. The van der Waals surface area contributed by atoms with E-state index < -0.39 is 0 Å². The van der Waals surface area contributed by atoms with Gasteiger partial charge >= 0.3 is 0 Å². The molecule has 0 saturated heterocycles. The molecule has 2 rings (SSSR count). The summed E-state index contributed by atoms with van der Waals surface area (Å²) in [6, 6.07) is 3.51. The Kier molecular flexibility index (Phi) is 3.25. The van der Waals surface area contributed by atoms with Crippen LogP contribution >= 0.6 is 27.5 Å². The minimum atomic E-state index is -0.221. The quantitative estimate of drug-likeness (QED) is 0.864. The third-order valence-electron chi connectivity index (χ3n) is 1.87. The number of pyridine rings is 1. The lowest BCUT2D eigenvalue weighted by Gasteiger charge is -2.04. The van der Waals surface area contributed by atoms with E-state index in [1.54, 1.807) is 25.3 Å². The van der Waals surface area contributed by atoms with Gasteiger partial charge in [-0.2, -0.15) is 0 Å². The van der Waals surface area contributed by atoms with Gasteiger partial charge in [-0.05, 0) is 46.5 Å². The number of carbonyl (C=O) groups is 1. The van der Waals surface area contributed by atoms with E-state index in [-0.39, 0.29) is 5.91 Å². The molecule has 0 radical (unpaired) electrons. The Hall–Kier alpha value is -1.34. The molecule has 0 aromatic carbocycles. The molecular formula is C9H7BrN4OS. The van der Waals surface area contributed by atoms with Crippen molar-refractivity contribution in [3.05, 3.63) is 33.5 Å². The van der Waals surface area contributed by atoms with Crippen molar-refractivity contribution >= 4 is 39.1 Å². The van der Waals surface area contributed by atoms with Crippen LogP contribution in [0.1, 0.15) is 15.4 Å². The summed E-state index contributed by atoms with van der Waals surface area (Å²) in [5.74, 6) is -0.221. The van der Waals surface area contributed by atoms with Crippen molar-refractivity contribution in [1.29, 1.82) is 0 Å². The van der Waals surface area contributed by atoms with Crippen LogP contribution in [0.3, 0.4) is 0 Å². The molecule has 0 spiro atoms. The molecule has 0 bridgehead atoms. The van der Waals surface area contributed by atoms with Crippen molar-refractivity contribution in [2.75, 3.05) is 5.32 Å². The summed E-state index contributed by atoms with van der Waals surface area (Å²) in [5, 5.41) is 6.52. The molecule has 0 unspecified atom stereocenters. The molecular weight excluding hydrogens is 292 g/mol. The topological polar surface area (TPSA) is 67.8 Å². The SMILES string of the molecule is Cc1nnsc1C(=O)Nc1cccnc1Br. The summed E-state index contributed by atoms with van der Waals surface area (Å²) < 4.78 is 4.31. The average molecular weight is 299 g/mol. The number of amides is 1. The lowest BCUT2D eigenvalue weighted by Crippen LogP contribution is -2.12. The van der Waals surface area contributed by atoms with E-state index in [2.05, 4.69) is 35.8 Å². The van der Waals surface area contributed by atoms with Crippen LogP contribution in [0.4, 0.5) is 5.69 Å². The molecule has 5 nitrogen and oxygen atoms in total. The molecule has 0 aliphatic heterocycles. The molecule has 16 heavy (non-hydrogen) atoms. The van der Waals surface area contributed by atoms with Crippen LogP contribution in [0, 0.1) is 6.92 Å². The molecule has 82 valence electrons. The van der Waals surface area contributed by atoms with Crippen LogP contribution in [0.25, 0.3) is 0 Å². The third-order valence-corrected chi connectivity index (χ3v) is 3.32. The lowest BCUT2D eigenvalue weighted by atomic mass is 10.3. The number of carbonyl (C=O) groups excluding carboxylic acids is 1. The first-order valence-electron chi connectivity index (χ1n) is 4.39. The number of nitrogens with one attached hydrogen (secondary N) is 1. The highest BCUT2D eigenvalue weighted by Crippen LogP contribution is 2.20. The Morgan fingerprint density at radius 3 is 3.00 bits per heavy atom. The summed E-state index contributed by atoms with van der Waals surface area (Å²) in [5.41, 5.74) is 1.25. The summed E-state index contributed by atoms with van der Waals surface area (Å²) in [6.07, 6.45) is 1.64. The van der Waals surface area contributed by atoms with Gasteiger partial charge in [-0.15, -0.1) is 5.10 Å². The number of hydrogen-bond acceptors (Lipinski definition) is 5. The fourth-order valence-corrected chi connectivity index (χ4v) is 2.00. The molecule has 1 amide bonds. The minimum Gasteiger partial charge on any atom is -0.319 e. The second-order valence-corrected chi connectivity index (χ2v) is 4.49. The van der Waals surface area contributed by atoms with Gasteiger partial charge < -0.3 is 5.32 Å². The second-order valence-electron chi connectivity index (χ2n) is 2.98. The van der Waals surface area contributed by atoms with Crippen LogP contribution in [0.5, 0.6) is 0 Å². The summed E-state index contributed by atoms with van der Waals surface area (Å²) in [4.78, 5) is 16.3. The van der Waals surface area contributed by atoms with Gasteiger partial charge in [0, 0.05) is 6.20 Å². The molecule has 2 aromatic rings. The first kappa shape index (κ1) is 11.2. The van der Waals surface area contributed by atoms with E-state index in [9.17, 15) is 4.79 Å². The van der Waals surface area contributed by atoms with E-state index in [4.69, 9.17) is 0 Å². The highest BCUT2D eigenvalue weighted by Gasteiger charge is 2.14. The number of rotatable bonds is 2. The van der Waals surface area contributed by atoms with Gasteiger partial charge in [0.1, 0.15) is 9.48 Å². The highest BCUT2D eigenvalue weighted by molar-refractivity contribution is 9.10. The van der Waals surface area contributed by atoms with Gasteiger partial charge in [0.15, 0.2) is 0 Å². The number of hydrogen-bond donors (Lipinski definition) is 1. The summed E-state index contributed by atoms with van der Waals surface area (Å²) >= 11 is 4.33. The van der Waals surface area contributed by atoms with Gasteiger partial charge in [0.25, 0.3) is 5.91 Å². The highest BCUT2D eigenvalue weighted by atomic mass is 79.9. The van der Waals surface area contributed by atoms with Crippen LogP contribution in [0.2, 0.25) is 0 Å². The van der Waals surface area contributed by atoms with Crippen molar-refractivity contribution in [1.82, 2.24) is 14.6 Å². The molecule has 7 heteroatoms. The zero-order valence-electron chi connectivity index (χ0n) is 8.27. The standard InChI is InChI=1S/C9H7BrN4OS/c1-5-7(16-14-13-5)9(15)12-6-3-2-4-11-8(6)10/h2-4H,1H3,(H,12,15). The Bertz CT molecular complexity index is 528. The molecule has 2 aromatic heterocycles. The molecule has 0 atom stereocenters. The Labute approximate surface area is 104 Å². The summed E-state index contributed by atoms with van der Waals surface area (Å²) in [6.45, 7) is 1.75. The monoisotopic (exact) mass is 298 g/mol. The van der Waals surface area contributed by atoms with Crippen molar-refractivity contribution in [2.24, 2.45) is 0 Å². The van der Waals surface area contributed by atoms with E-state index in [0.29, 0.717) is 20.9 Å². The van der Waals surface area contributed by atoms with Gasteiger partial charge in [0.2, 0.25) is 0 Å². The molecule has 2 heterocycles. The average Bonchev–Trinajstić information content (AvgIpc) is 2.68. The van der Waals surface area contributed by atoms with Crippen LogP contribution < -0.4 is 5.32 Å². The van der Waals surface area contributed by atoms with E-state index in [1.807, 2.05) is 0 Å². The first-order chi connectivity index (χ1) is 7.68. The van der Waals surface area contributed by atoms with Crippen molar-refractivity contribution in [3.8, 4) is 0 Å². The molecule has 0 fully saturated rings. The van der Waals surface area contributed by atoms with Gasteiger partial charge in [-0.3, -0.25) is 4.79 Å². The minimum absolute atomic E-state index is 0.221. The largest absolute Gasteiger partial charge is 0.319 e. The van der Waals surface area contributed by atoms with Crippen LogP contribution in [-0.2, 0) is 0 Å². The molecule has 0 aliphatic rings. The first-order valence-corrected chi connectivity index (χ1v) is 5.96. The Morgan fingerprint density at radius 1 is 1.56 bits per heavy atom. The predicted molar refractivity (Wildman–Crippen MR) is 64.5 cm³/mol. The maximum Gasteiger partial charge on any atom is 0.269 e. The Balaban J connectivity index is 2.21. The number of anilines is 1. The van der Waals surface area contributed by atoms with Crippen molar-refractivity contribution < 1.29 is 4.79 Å². The van der Waals surface area contributed by atoms with E-state index in [0.717, 1.165) is 11.5 Å². The maximum absolute atomic E-state index is 11.8. The smallest absolute Gasteiger partial charge is 0.269 e. The van der Waals surface area contributed by atoms with Crippen molar-refractivity contribution in [2.45, 2.75) is 6.92 Å². The van der Waals surface area contributed by atoms with E-state index in [1.165, 1.54) is 0 Å². The number of aromatic nitrogens is 3. The van der Waals surface area contributed by atoms with Gasteiger partial charge in [-0.1, -0.05) is 4.49 Å². The van der Waals surface area contributed by atoms with Gasteiger partial charge in [-0.25, -0.2) is 4.98 Å². The fraction of sp³-hybridized carbons (Fsp3) is 0.111. The predicted octanol–water partition coefficient (Wildman–Crippen LogP) is 2.26. The van der Waals surface area contributed by atoms with Gasteiger partial charge in [0.05, 0.1) is 11.4 Å². The number of aryl methyl sites for hydroxylation is 1. The van der Waals surface area contributed by atoms with Crippen LogP contribution in [0.15, 0.2) is 22.9 Å². The van der Waals surface area contributed by atoms with Crippen molar-refractivity contribution in [3.63, 3.8) is 0 Å². The zero-order valence-corrected chi connectivity index (χ0v) is 10.7. The molecule has 0 saturated carbocycles. The van der Waals surface area contributed by atoms with E-state index >= 15 is 0 Å². The maximum atomic E-state index is 11.8. The fourth-order valence-electron chi connectivity index (χ4n) is 1.10. The molecule has 1 N–H and O–H groups in total. The third kappa shape index (κ3) is 2.25. The van der Waals surface area contributed by atoms with Crippen LogP contribution in [-0.4, -0.2) is 20.5 Å².